The third-order valence-corrected chi connectivity index (χ3v) is 4.08. The molecular formula is C19H20N2O2. The van der Waals surface area contributed by atoms with Crippen molar-refractivity contribution in [3.63, 3.8) is 0 Å². The van der Waals surface area contributed by atoms with Crippen molar-refractivity contribution < 1.29 is 9.90 Å². The average molecular weight is 308 g/mol. The number of aromatic amines is 1. The average Bonchev–Trinajstić information content (AvgIpc) is 2.98. The lowest BCUT2D eigenvalue weighted by Crippen LogP contribution is -2.31. The number of nitrogens with one attached hydrogen (secondary N) is 2. The van der Waals surface area contributed by atoms with Gasteiger partial charge in [-0.1, -0.05) is 48.5 Å². The predicted octanol–water partition coefficient (Wildman–Crippen LogP) is 2.87. The minimum Gasteiger partial charge on any atom is -0.394 e. The summed E-state index contributed by atoms with van der Waals surface area (Å²) in [6, 6.07) is 15.2. The Morgan fingerprint density at radius 3 is 2.70 bits per heavy atom. The molecule has 4 heteroatoms. The zero-order valence-electron chi connectivity index (χ0n) is 13.0. The highest BCUT2D eigenvalue weighted by atomic mass is 16.3. The van der Waals surface area contributed by atoms with Gasteiger partial charge in [-0.3, -0.25) is 4.79 Å². The van der Waals surface area contributed by atoms with Crippen LogP contribution in [0.1, 0.15) is 22.7 Å². The summed E-state index contributed by atoms with van der Waals surface area (Å²) in [4.78, 5) is 15.6. The van der Waals surface area contributed by atoms with Gasteiger partial charge in [0.1, 0.15) is 0 Å². The first-order valence-electron chi connectivity index (χ1n) is 7.70. The number of para-hydroxylation sites is 1. The van der Waals surface area contributed by atoms with E-state index >= 15 is 0 Å². The highest BCUT2D eigenvalue weighted by Gasteiger charge is 2.15. The van der Waals surface area contributed by atoms with Crippen molar-refractivity contribution in [1.29, 1.82) is 0 Å². The summed E-state index contributed by atoms with van der Waals surface area (Å²) in [6.45, 7) is 1.92. The Bertz CT molecular complexity index is 809. The SMILES string of the molecule is Cc1cccc2c(CC(=O)NC(CO)c3ccccc3)c[nH]c12. The van der Waals surface area contributed by atoms with Crippen LogP contribution in [0.2, 0.25) is 0 Å². The predicted molar refractivity (Wildman–Crippen MR) is 91.2 cm³/mol. The molecule has 1 heterocycles. The van der Waals surface area contributed by atoms with E-state index in [1.54, 1.807) is 0 Å². The number of amides is 1. The molecule has 0 saturated carbocycles. The largest absolute Gasteiger partial charge is 0.394 e. The molecule has 0 saturated heterocycles. The second-order valence-electron chi connectivity index (χ2n) is 5.70. The Balaban J connectivity index is 1.74. The van der Waals surface area contributed by atoms with Crippen LogP contribution in [-0.4, -0.2) is 22.6 Å². The standard InChI is InChI=1S/C19H20N2O2/c1-13-6-5-9-16-15(11-20-19(13)16)10-18(23)21-17(12-22)14-7-3-2-4-8-14/h2-9,11,17,20,22H,10,12H2,1H3,(H,21,23). The number of carbonyl (C=O) groups excluding carboxylic acids is 1. The van der Waals surface area contributed by atoms with Crippen LogP contribution in [0.15, 0.2) is 54.7 Å². The minimum atomic E-state index is -0.379. The summed E-state index contributed by atoms with van der Waals surface area (Å²) in [6.07, 6.45) is 2.17. The minimum absolute atomic E-state index is 0.102. The second-order valence-corrected chi connectivity index (χ2v) is 5.70. The van der Waals surface area contributed by atoms with Crippen LogP contribution in [0.5, 0.6) is 0 Å². The van der Waals surface area contributed by atoms with Gasteiger partial charge in [-0.15, -0.1) is 0 Å². The smallest absolute Gasteiger partial charge is 0.225 e. The van der Waals surface area contributed by atoms with Gasteiger partial charge in [0.05, 0.1) is 19.1 Å². The van der Waals surface area contributed by atoms with Gasteiger partial charge in [0.15, 0.2) is 0 Å². The Hall–Kier alpha value is -2.59. The summed E-state index contributed by atoms with van der Waals surface area (Å²) in [7, 11) is 0. The number of hydrogen-bond acceptors (Lipinski definition) is 2. The van der Waals surface area contributed by atoms with E-state index in [0.717, 1.165) is 27.6 Å². The van der Waals surface area contributed by atoms with Crippen molar-refractivity contribution in [2.24, 2.45) is 0 Å². The van der Waals surface area contributed by atoms with E-state index in [1.807, 2.05) is 61.7 Å². The molecular weight excluding hydrogens is 288 g/mol. The fourth-order valence-corrected chi connectivity index (χ4v) is 2.85. The summed E-state index contributed by atoms with van der Waals surface area (Å²) >= 11 is 0. The Morgan fingerprint density at radius 2 is 1.96 bits per heavy atom. The molecule has 0 aliphatic rings. The van der Waals surface area contributed by atoms with E-state index in [-0.39, 0.29) is 25.0 Å². The van der Waals surface area contributed by atoms with Crippen LogP contribution >= 0.6 is 0 Å². The van der Waals surface area contributed by atoms with Crippen molar-refractivity contribution in [2.45, 2.75) is 19.4 Å². The van der Waals surface area contributed by atoms with Gasteiger partial charge in [-0.05, 0) is 23.6 Å². The number of aromatic nitrogens is 1. The van der Waals surface area contributed by atoms with Crippen LogP contribution in [0.3, 0.4) is 0 Å². The third kappa shape index (κ3) is 3.27. The number of fused-ring (bicyclic) bond motifs is 1. The fourth-order valence-electron chi connectivity index (χ4n) is 2.85. The molecule has 1 aromatic heterocycles. The van der Waals surface area contributed by atoms with E-state index in [4.69, 9.17) is 0 Å². The first-order valence-corrected chi connectivity index (χ1v) is 7.70. The van der Waals surface area contributed by atoms with Gasteiger partial charge in [-0.25, -0.2) is 0 Å². The van der Waals surface area contributed by atoms with Gasteiger partial charge in [-0.2, -0.15) is 0 Å². The first-order chi connectivity index (χ1) is 11.2. The number of benzene rings is 2. The van der Waals surface area contributed by atoms with E-state index in [2.05, 4.69) is 10.3 Å². The van der Waals surface area contributed by atoms with Gasteiger partial charge < -0.3 is 15.4 Å². The maximum atomic E-state index is 12.3. The van der Waals surface area contributed by atoms with Crippen molar-refractivity contribution >= 4 is 16.8 Å². The highest BCUT2D eigenvalue weighted by molar-refractivity contribution is 5.90. The molecule has 0 aliphatic carbocycles. The highest BCUT2D eigenvalue weighted by Crippen LogP contribution is 2.22. The van der Waals surface area contributed by atoms with Crippen LogP contribution < -0.4 is 5.32 Å². The first kappa shape index (κ1) is 15.3. The molecule has 0 radical (unpaired) electrons. The maximum Gasteiger partial charge on any atom is 0.225 e. The van der Waals surface area contributed by atoms with Gasteiger partial charge in [0, 0.05) is 17.1 Å². The monoisotopic (exact) mass is 308 g/mol. The van der Waals surface area contributed by atoms with Crippen molar-refractivity contribution in [3.05, 3.63) is 71.4 Å². The molecule has 0 bridgehead atoms. The lowest BCUT2D eigenvalue weighted by Gasteiger charge is -2.16. The number of aliphatic hydroxyl groups is 1. The van der Waals surface area contributed by atoms with Crippen LogP contribution in [0, 0.1) is 6.92 Å². The quantitative estimate of drug-likeness (QED) is 0.678. The summed E-state index contributed by atoms with van der Waals surface area (Å²) < 4.78 is 0. The number of aliphatic hydroxyl groups excluding tert-OH is 1. The summed E-state index contributed by atoms with van der Waals surface area (Å²) in [5.74, 6) is -0.102. The molecule has 1 amide bonds. The molecule has 2 aromatic carbocycles. The number of rotatable bonds is 5. The van der Waals surface area contributed by atoms with E-state index in [0.29, 0.717) is 0 Å². The number of hydrogen-bond donors (Lipinski definition) is 3. The molecule has 23 heavy (non-hydrogen) atoms. The molecule has 118 valence electrons. The molecule has 3 N–H and O–H groups in total. The molecule has 3 rings (SSSR count). The van der Waals surface area contributed by atoms with E-state index in [9.17, 15) is 9.90 Å². The van der Waals surface area contributed by atoms with Crippen molar-refractivity contribution in [1.82, 2.24) is 10.3 Å². The summed E-state index contributed by atoms with van der Waals surface area (Å²) in [5.41, 5.74) is 4.09. The number of aryl methyl sites for hydroxylation is 1. The Labute approximate surface area is 135 Å². The van der Waals surface area contributed by atoms with E-state index < -0.39 is 0 Å². The molecule has 0 spiro atoms. The van der Waals surface area contributed by atoms with Gasteiger partial charge >= 0.3 is 0 Å². The van der Waals surface area contributed by atoms with Gasteiger partial charge in [0.25, 0.3) is 0 Å². The second kappa shape index (κ2) is 6.67. The fraction of sp³-hybridized carbons (Fsp3) is 0.211. The maximum absolute atomic E-state index is 12.3. The zero-order chi connectivity index (χ0) is 16.2. The van der Waals surface area contributed by atoms with Gasteiger partial charge in [0.2, 0.25) is 5.91 Å². The molecule has 3 aromatic rings. The molecule has 1 unspecified atom stereocenters. The summed E-state index contributed by atoms with van der Waals surface area (Å²) in [5, 5.41) is 13.5. The topological polar surface area (TPSA) is 65.1 Å². The number of carbonyl (C=O) groups is 1. The molecule has 0 aliphatic heterocycles. The Kier molecular flexibility index (Phi) is 4.44. The lowest BCUT2D eigenvalue weighted by molar-refractivity contribution is -0.121. The lowest BCUT2D eigenvalue weighted by atomic mass is 10.1. The molecule has 4 nitrogen and oxygen atoms in total. The van der Waals surface area contributed by atoms with Crippen LogP contribution in [0.25, 0.3) is 10.9 Å². The molecule has 1 atom stereocenters. The Morgan fingerprint density at radius 1 is 1.17 bits per heavy atom. The number of H-pyrrole nitrogens is 1. The normalized spacial score (nSPS) is 12.3. The van der Waals surface area contributed by atoms with Crippen molar-refractivity contribution in [3.8, 4) is 0 Å². The van der Waals surface area contributed by atoms with Crippen LogP contribution in [-0.2, 0) is 11.2 Å². The zero-order valence-corrected chi connectivity index (χ0v) is 13.0. The van der Waals surface area contributed by atoms with Crippen LogP contribution in [0.4, 0.5) is 0 Å². The third-order valence-electron chi connectivity index (χ3n) is 4.08. The van der Waals surface area contributed by atoms with Crippen molar-refractivity contribution in [2.75, 3.05) is 6.61 Å². The molecule has 0 fully saturated rings. The van der Waals surface area contributed by atoms with E-state index in [1.165, 1.54) is 0 Å².